The van der Waals surface area contributed by atoms with Crippen molar-refractivity contribution >= 4 is 29.6 Å². The van der Waals surface area contributed by atoms with Gasteiger partial charge < -0.3 is 14.9 Å². The number of hydrogen-bond donors (Lipinski definition) is 2. The Morgan fingerprint density at radius 1 is 0.696 bits per heavy atom. The zero-order valence-corrected chi connectivity index (χ0v) is 12.9. The molecular formula is C19H18BNO2. The Kier molecular flexibility index (Phi) is 4.46. The lowest BCUT2D eigenvalue weighted by molar-refractivity contribution is 0.425. The number of para-hydroxylation sites is 2. The van der Waals surface area contributed by atoms with Crippen LogP contribution in [0.4, 0.5) is 17.1 Å². The van der Waals surface area contributed by atoms with Gasteiger partial charge in [-0.25, -0.2) is 0 Å². The molecule has 3 rings (SSSR count). The van der Waals surface area contributed by atoms with Crippen molar-refractivity contribution < 1.29 is 10.0 Å². The summed E-state index contributed by atoms with van der Waals surface area (Å²) in [5, 5.41) is 18.8. The van der Waals surface area contributed by atoms with E-state index < -0.39 is 7.12 Å². The van der Waals surface area contributed by atoms with E-state index in [4.69, 9.17) is 0 Å². The van der Waals surface area contributed by atoms with Gasteiger partial charge in [-0.05, 0) is 54.3 Å². The fourth-order valence-electron chi connectivity index (χ4n) is 2.69. The van der Waals surface area contributed by atoms with E-state index in [0.717, 1.165) is 22.6 Å². The van der Waals surface area contributed by atoms with Gasteiger partial charge in [0.05, 0.1) is 0 Å². The van der Waals surface area contributed by atoms with Gasteiger partial charge in [-0.2, -0.15) is 0 Å². The molecule has 0 spiro atoms. The molecule has 3 aromatic carbocycles. The standard InChI is InChI=1S/C19H18BNO2/c1-15-14-18(12-13-19(15)20(22)23)21(16-8-4-2-5-9-16)17-10-6-3-7-11-17/h2-14,22-23H,1H3. The van der Waals surface area contributed by atoms with Gasteiger partial charge in [0.25, 0.3) is 0 Å². The Bertz CT molecular complexity index is 736. The van der Waals surface area contributed by atoms with Gasteiger partial charge in [0, 0.05) is 17.1 Å². The second-order valence-electron chi connectivity index (χ2n) is 5.42. The maximum absolute atomic E-state index is 9.41. The van der Waals surface area contributed by atoms with Crippen molar-refractivity contribution in [3.05, 3.63) is 84.4 Å². The minimum absolute atomic E-state index is 0.523. The molecule has 3 nitrogen and oxygen atoms in total. The zero-order chi connectivity index (χ0) is 16.2. The van der Waals surface area contributed by atoms with Gasteiger partial charge in [-0.1, -0.05) is 42.5 Å². The molecule has 114 valence electrons. The number of benzene rings is 3. The summed E-state index contributed by atoms with van der Waals surface area (Å²) in [4.78, 5) is 2.14. The first-order valence-corrected chi connectivity index (χ1v) is 7.54. The summed E-state index contributed by atoms with van der Waals surface area (Å²) in [5.74, 6) is 0. The summed E-state index contributed by atoms with van der Waals surface area (Å²) >= 11 is 0. The molecule has 0 heterocycles. The topological polar surface area (TPSA) is 43.7 Å². The molecular weight excluding hydrogens is 285 g/mol. The number of anilines is 3. The van der Waals surface area contributed by atoms with Crippen molar-refractivity contribution in [3.8, 4) is 0 Å². The summed E-state index contributed by atoms with van der Waals surface area (Å²) in [6.45, 7) is 1.88. The third kappa shape index (κ3) is 3.28. The maximum atomic E-state index is 9.41. The zero-order valence-electron chi connectivity index (χ0n) is 12.9. The van der Waals surface area contributed by atoms with Crippen LogP contribution in [0, 0.1) is 6.92 Å². The average Bonchev–Trinajstić information content (AvgIpc) is 2.57. The number of hydrogen-bond acceptors (Lipinski definition) is 3. The van der Waals surface area contributed by atoms with Crippen LogP contribution in [0.25, 0.3) is 0 Å². The third-order valence-electron chi connectivity index (χ3n) is 3.82. The lowest BCUT2D eigenvalue weighted by atomic mass is 9.77. The first-order valence-electron chi connectivity index (χ1n) is 7.54. The second-order valence-corrected chi connectivity index (χ2v) is 5.42. The van der Waals surface area contributed by atoms with Crippen LogP contribution >= 0.6 is 0 Å². The van der Waals surface area contributed by atoms with Gasteiger partial charge in [-0.15, -0.1) is 0 Å². The predicted molar refractivity (Wildman–Crippen MR) is 95.7 cm³/mol. The molecule has 0 fully saturated rings. The Balaban J connectivity index is 2.11. The fraction of sp³-hybridized carbons (Fsp3) is 0.0526. The summed E-state index contributed by atoms with van der Waals surface area (Å²) < 4.78 is 0. The molecule has 0 atom stereocenters. The van der Waals surface area contributed by atoms with Crippen LogP contribution in [0.1, 0.15) is 5.56 Å². The van der Waals surface area contributed by atoms with Crippen molar-refractivity contribution in [1.29, 1.82) is 0 Å². The van der Waals surface area contributed by atoms with Crippen LogP contribution in [0.5, 0.6) is 0 Å². The van der Waals surface area contributed by atoms with E-state index >= 15 is 0 Å². The summed E-state index contributed by atoms with van der Waals surface area (Å²) in [6, 6.07) is 25.8. The van der Waals surface area contributed by atoms with E-state index in [2.05, 4.69) is 29.2 Å². The molecule has 0 bridgehead atoms. The van der Waals surface area contributed by atoms with Crippen molar-refractivity contribution in [3.63, 3.8) is 0 Å². The van der Waals surface area contributed by atoms with E-state index in [-0.39, 0.29) is 0 Å². The SMILES string of the molecule is Cc1cc(N(c2ccccc2)c2ccccc2)ccc1B(O)O. The van der Waals surface area contributed by atoms with E-state index in [1.807, 2.05) is 55.5 Å². The highest BCUT2D eigenvalue weighted by molar-refractivity contribution is 6.59. The van der Waals surface area contributed by atoms with Crippen molar-refractivity contribution in [2.24, 2.45) is 0 Å². The molecule has 2 N–H and O–H groups in total. The Hall–Kier alpha value is -2.56. The first kappa shape index (κ1) is 15.3. The van der Waals surface area contributed by atoms with Crippen LogP contribution in [-0.4, -0.2) is 17.2 Å². The number of nitrogens with zero attached hydrogens (tertiary/aromatic N) is 1. The van der Waals surface area contributed by atoms with E-state index in [9.17, 15) is 10.0 Å². The average molecular weight is 303 g/mol. The Morgan fingerprint density at radius 2 is 1.22 bits per heavy atom. The van der Waals surface area contributed by atoms with Crippen LogP contribution in [0.15, 0.2) is 78.9 Å². The Labute approximate surface area is 136 Å². The van der Waals surface area contributed by atoms with Crippen molar-refractivity contribution in [2.45, 2.75) is 6.92 Å². The quantitative estimate of drug-likeness (QED) is 0.728. The second kappa shape index (κ2) is 6.69. The maximum Gasteiger partial charge on any atom is 0.488 e. The van der Waals surface area contributed by atoms with Gasteiger partial charge in [0.1, 0.15) is 0 Å². The van der Waals surface area contributed by atoms with Crippen LogP contribution < -0.4 is 10.4 Å². The van der Waals surface area contributed by atoms with Gasteiger partial charge >= 0.3 is 7.12 Å². The van der Waals surface area contributed by atoms with Crippen molar-refractivity contribution in [1.82, 2.24) is 0 Å². The molecule has 0 aliphatic carbocycles. The van der Waals surface area contributed by atoms with Crippen LogP contribution in [0.3, 0.4) is 0 Å². The molecule has 0 aromatic heterocycles. The minimum Gasteiger partial charge on any atom is -0.423 e. The molecule has 0 saturated carbocycles. The lowest BCUT2D eigenvalue weighted by Gasteiger charge is -2.26. The molecule has 0 aliphatic heterocycles. The molecule has 3 aromatic rings. The van der Waals surface area contributed by atoms with E-state index in [0.29, 0.717) is 5.46 Å². The number of rotatable bonds is 4. The summed E-state index contributed by atoms with van der Waals surface area (Å²) in [7, 11) is -1.45. The highest BCUT2D eigenvalue weighted by atomic mass is 16.4. The molecule has 4 heteroatoms. The molecule has 23 heavy (non-hydrogen) atoms. The minimum atomic E-state index is -1.45. The molecule has 0 amide bonds. The largest absolute Gasteiger partial charge is 0.488 e. The molecule has 0 radical (unpaired) electrons. The molecule has 0 unspecified atom stereocenters. The third-order valence-corrected chi connectivity index (χ3v) is 3.82. The molecule has 0 aliphatic rings. The van der Waals surface area contributed by atoms with Crippen molar-refractivity contribution in [2.75, 3.05) is 4.90 Å². The summed E-state index contributed by atoms with van der Waals surface area (Å²) in [6.07, 6.45) is 0. The molecule has 0 saturated heterocycles. The Morgan fingerprint density at radius 3 is 1.65 bits per heavy atom. The number of aryl methyl sites for hydroxylation is 1. The van der Waals surface area contributed by atoms with Gasteiger partial charge in [-0.3, -0.25) is 0 Å². The summed E-state index contributed by atoms with van der Waals surface area (Å²) in [5.41, 5.74) is 4.44. The smallest absolute Gasteiger partial charge is 0.423 e. The first-order chi connectivity index (χ1) is 11.2. The predicted octanol–water partition coefficient (Wildman–Crippen LogP) is 3.14. The van der Waals surface area contributed by atoms with Gasteiger partial charge in [0.2, 0.25) is 0 Å². The van der Waals surface area contributed by atoms with Crippen LogP contribution in [0.2, 0.25) is 0 Å². The fourth-order valence-corrected chi connectivity index (χ4v) is 2.69. The highest BCUT2D eigenvalue weighted by Crippen LogP contribution is 2.33. The monoisotopic (exact) mass is 303 g/mol. The normalized spacial score (nSPS) is 10.4. The van der Waals surface area contributed by atoms with Crippen LogP contribution in [-0.2, 0) is 0 Å². The van der Waals surface area contributed by atoms with E-state index in [1.165, 1.54) is 0 Å². The highest BCUT2D eigenvalue weighted by Gasteiger charge is 2.17. The van der Waals surface area contributed by atoms with E-state index in [1.54, 1.807) is 6.07 Å². The van der Waals surface area contributed by atoms with Gasteiger partial charge in [0.15, 0.2) is 0 Å². The lowest BCUT2D eigenvalue weighted by Crippen LogP contribution is -2.32.